The molecule has 5 nitrogen and oxygen atoms in total. The van der Waals surface area contributed by atoms with Gasteiger partial charge in [0.1, 0.15) is 0 Å². The van der Waals surface area contributed by atoms with E-state index in [4.69, 9.17) is 0 Å². The first-order chi connectivity index (χ1) is 12.6. The van der Waals surface area contributed by atoms with Gasteiger partial charge >= 0.3 is 0 Å². The number of benzene rings is 2. The summed E-state index contributed by atoms with van der Waals surface area (Å²) in [5.74, 6) is 0.263. The first kappa shape index (κ1) is 21.0. The number of carbonyl (C=O) groups is 1. The van der Waals surface area contributed by atoms with Gasteiger partial charge in [0.05, 0.1) is 18.5 Å². The molecule has 1 amide bonds. The molecule has 146 valence electrons. The van der Waals surface area contributed by atoms with E-state index in [0.29, 0.717) is 23.7 Å². The van der Waals surface area contributed by atoms with E-state index in [2.05, 4.69) is 5.32 Å². The molecule has 0 aliphatic rings. The maximum absolute atomic E-state index is 12.4. The quantitative estimate of drug-likeness (QED) is 0.787. The second kappa shape index (κ2) is 8.57. The summed E-state index contributed by atoms with van der Waals surface area (Å²) in [4.78, 5) is 12.1. The fraction of sp³-hybridized carbons (Fsp3) is 0.381. The Morgan fingerprint density at radius 2 is 1.59 bits per heavy atom. The normalized spacial score (nSPS) is 11.5. The van der Waals surface area contributed by atoms with E-state index < -0.39 is 10.0 Å². The van der Waals surface area contributed by atoms with Gasteiger partial charge < -0.3 is 5.32 Å². The third-order valence-electron chi connectivity index (χ3n) is 4.30. The van der Waals surface area contributed by atoms with Gasteiger partial charge in [0.2, 0.25) is 10.0 Å². The zero-order valence-corrected chi connectivity index (χ0v) is 17.4. The number of rotatable bonds is 7. The van der Waals surface area contributed by atoms with Crippen LogP contribution in [0.5, 0.6) is 0 Å². The lowest BCUT2D eigenvalue weighted by molar-refractivity contribution is 0.0949. The maximum atomic E-state index is 12.4. The number of anilines is 1. The molecule has 0 aromatic heterocycles. The molecule has 0 saturated heterocycles. The highest BCUT2D eigenvalue weighted by Gasteiger charge is 2.21. The molecule has 0 spiro atoms. The molecular formula is C21H28N2O3S. The summed E-state index contributed by atoms with van der Waals surface area (Å²) in [6, 6.07) is 12.8. The highest BCUT2D eigenvalue weighted by atomic mass is 32.2. The zero-order chi connectivity index (χ0) is 20.2. The Morgan fingerprint density at radius 1 is 1.04 bits per heavy atom. The fourth-order valence-corrected chi connectivity index (χ4v) is 3.89. The average molecular weight is 389 g/mol. The van der Waals surface area contributed by atoms with Crippen LogP contribution in [0.1, 0.15) is 40.9 Å². The molecule has 2 rings (SSSR count). The fourth-order valence-electron chi connectivity index (χ4n) is 2.89. The second-order valence-corrected chi connectivity index (χ2v) is 9.22. The van der Waals surface area contributed by atoms with Crippen molar-refractivity contribution in [3.05, 3.63) is 64.7 Å². The molecule has 0 aliphatic carbocycles. The minimum Gasteiger partial charge on any atom is -0.352 e. The Bertz CT molecular complexity index is 883. The van der Waals surface area contributed by atoms with Crippen molar-refractivity contribution in [2.24, 2.45) is 5.92 Å². The van der Waals surface area contributed by atoms with E-state index in [-0.39, 0.29) is 12.5 Å². The third-order valence-corrected chi connectivity index (χ3v) is 5.41. The largest absolute Gasteiger partial charge is 0.352 e. The van der Waals surface area contributed by atoms with Crippen LogP contribution in [0.25, 0.3) is 0 Å². The van der Waals surface area contributed by atoms with E-state index in [0.717, 1.165) is 16.7 Å². The summed E-state index contributed by atoms with van der Waals surface area (Å²) >= 11 is 0. The number of para-hydroxylation sites is 1. The molecule has 1 N–H and O–H groups in total. The van der Waals surface area contributed by atoms with Gasteiger partial charge in [0, 0.05) is 12.1 Å². The van der Waals surface area contributed by atoms with Crippen LogP contribution in [0, 0.1) is 19.8 Å². The lowest BCUT2D eigenvalue weighted by Gasteiger charge is -2.26. The minimum atomic E-state index is -3.45. The minimum absolute atomic E-state index is 0.120. The van der Waals surface area contributed by atoms with Crippen LogP contribution < -0.4 is 9.62 Å². The van der Waals surface area contributed by atoms with Gasteiger partial charge in [-0.3, -0.25) is 9.10 Å². The van der Waals surface area contributed by atoms with Crippen LogP contribution in [-0.2, 0) is 16.6 Å². The molecule has 2 aromatic carbocycles. The highest BCUT2D eigenvalue weighted by Crippen LogP contribution is 2.28. The molecule has 0 bridgehead atoms. The van der Waals surface area contributed by atoms with Gasteiger partial charge in [-0.2, -0.15) is 0 Å². The number of amides is 1. The van der Waals surface area contributed by atoms with Crippen molar-refractivity contribution in [2.75, 3.05) is 17.1 Å². The number of aryl methyl sites for hydroxylation is 2. The summed E-state index contributed by atoms with van der Waals surface area (Å²) in [5.41, 5.74) is 3.91. The van der Waals surface area contributed by atoms with Gasteiger partial charge in [-0.1, -0.05) is 44.2 Å². The first-order valence-corrected chi connectivity index (χ1v) is 10.9. The number of nitrogens with one attached hydrogen (secondary N) is 1. The molecule has 6 heteroatoms. The van der Waals surface area contributed by atoms with Crippen LogP contribution in [0.3, 0.4) is 0 Å². The van der Waals surface area contributed by atoms with Crippen molar-refractivity contribution in [3.8, 4) is 0 Å². The molecule has 0 atom stereocenters. The second-order valence-electron chi connectivity index (χ2n) is 7.31. The van der Waals surface area contributed by atoms with Crippen molar-refractivity contribution in [1.82, 2.24) is 5.32 Å². The summed E-state index contributed by atoms with van der Waals surface area (Å²) < 4.78 is 26.3. The molecule has 0 aliphatic heterocycles. The van der Waals surface area contributed by atoms with Crippen LogP contribution >= 0.6 is 0 Å². The predicted octanol–water partition coefficient (Wildman–Crippen LogP) is 3.66. The third kappa shape index (κ3) is 5.57. The molecular weight excluding hydrogens is 360 g/mol. The van der Waals surface area contributed by atoms with Gasteiger partial charge in [0.25, 0.3) is 5.91 Å². The van der Waals surface area contributed by atoms with Gasteiger partial charge in [-0.15, -0.1) is 0 Å². The highest BCUT2D eigenvalue weighted by molar-refractivity contribution is 7.92. The summed E-state index contributed by atoms with van der Waals surface area (Å²) in [6.07, 6.45) is 1.21. The monoisotopic (exact) mass is 388 g/mol. The standard InChI is InChI=1S/C21H28N2O3S/c1-15(2)13-22-21(24)19-11-9-18(10-12-19)14-23(27(5,25)26)20-16(3)7-6-8-17(20)4/h6-12,15H,13-14H2,1-5H3,(H,22,24). The lowest BCUT2D eigenvalue weighted by atomic mass is 10.1. The van der Waals surface area contributed by atoms with Crippen LogP contribution in [0.4, 0.5) is 5.69 Å². The molecule has 0 unspecified atom stereocenters. The Kier molecular flexibility index (Phi) is 6.65. The SMILES string of the molecule is Cc1cccc(C)c1N(Cc1ccc(C(=O)NCC(C)C)cc1)S(C)(=O)=O. The Balaban J connectivity index is 2.26. The predicted molar refractivity (Wildman–Crippen MR) is 111 cm³/mol. The Labute approximate surface area is 162 Å². The number of sulfonamides is 1. The van der Waals surface area contributed by atoms with Crippen molar-refractivity contribution >= 4 is 21.6 Å². The van der Waals surface area contributed by atoms with E-state index in [1.165, 1.54) is 10.6 Å². The van der Waals surface area contributed by atoms with Gasteiger partial charge in [-0.05, 0) is 48.6 Å². The van der Waals surface area contributed by atoms with Crippen molar-refractivity contribution in [3.63, 3.8) is 0 Å². The summed E-state index contributed by atoms with van der Waals surface area (Å²) in [5, 5.41) is 2.88. The van der Waals surface area contributed by atoms with Gasteiger partial charge in [0.15, 0.2) is 0 Å². The molecule has 0 fully saturated rings. The number of hydrogen-bond acceptors (Lipinski definition) is 3. The van der Waals surface area contributed by atoms with Crippen molar-refractivity contribution in [2.45, 2.75) is 34.2 Å². The number of carbonyl (C=O) groups excluding carboxylic acids is 1. The van der Waals surface area contributed by atoms with Crippen LogP contribution in [-0.4, -0.2) is 27.1 Å². The summed E-state index contributed by atoms with van der Waals surface area (Å²) in [7, 11) is -3.45. The van der Waals surface area contributed by atoms with E-state index in [1.54, 1.807) is 24.3 Å². The topological polar surface area (TPSA) is 66.5 Å². The summed E-state index contributed by atoms with van der Waals surface area (Å²) in [6.45, 7) is 8.73. The number of nitrogens with zero attached hydrogens (tertiary/aromatic N) is 1. The van der Waals surface area contributed by atoms with Crippen LogP contribution in [0.2, 0.25) is 0 Å². The average Bonchev–Trinajstić information content (AvgIpc) is 2.58. The zero-order valence-electron chi connectivity index (χ0n) is 16.6. The Hall–Kier alpha value is -2.34. The molecule has 27 heavy (non-hydrogen) atoms. The Morgan fingerprint density at radius 3 is 2.07 bits per heavy atom. The lowest BCUT2D eigenvalue weighted by Crippen LogP contribution is -2.30. The van der Waals surface area contributed by atoms with Gasteiger partial charge in [-0.25, -0.2) is 8.42 Å². The smallest absolute Gasteiger partial charge is 0.251 e. The van der Waals surface area contributed by atoms with E-state index in [1.807, 2.05) is 45.9 Å². The molecule has 0 saturated carbocycles. The molecule has 0 heterocycles. The maximum Gasteiger partial charge on any atom is 0.251 e. The first-order valence-electron chi connectivity index (χ1n) is 9.00. The van der Waals surface area contributed by atoms with E-state index in [9.17, 15) is 13.2 Å². The number of hydrogen-bond donors (Lipinski definition) is 1. The van der Waals surface area contributed by atoms with E-state index >= 15 is 0 Å². The van der Waals surface area contributed by atoms with Crippen LogP contribution in [0.15, 0.2) is 42.5 Å². The van der Waals surface area contributed by atoms with Crippen molar-refractivity contribution in [1.29, 1.82) is 0 Å². The van der Waals surface area contributed by atoms with Crippen molar-refractivity contribution < 1.29 is 13.2 Å². The molecule has 0 radical (unpaired) electrons. The molecule has 2 aromatic rings.